The molecule has 0 aliphatic rings. The van der Waals surface area contributed by atoms with Crippen LogP contribution in [0.2, 0.25) is 0 Å². The molecule has 1 amide bonds. The SMILES string of the molecule is CC(CN)CC(=O)NCc1ccccc1OC(F)(F)F. The van der Waals surface area contributed by atoms with Gasteiger partial charge in [-0.05, 0) is 18.5 Å². The van der Waals surface area contributed by atoms with Gasteiger partial charge in [0.2, 0.25) is 5.91 Å². The second kappa shape index (κ2) is 7.14. The number of amides is 1. The summed E-state index contributed by atoms with van der Waals surface area (Å²) in [6, 6.07) is 5.68. The predicted octanol–water partition coefficient (Wildman–Crippen LogP) is 2.19. The highest BCUT2D eigenvalue weighted by atomic mass is 19.4. The maximum absolute atomic E-state index is 12.2. The topological polar surface area (TPSA) is 64.4 Å². The second-order valence-corrected chi connectivity index (χ2v) is 4.48. The molecule has 1 aromatic rings. The summed E-state index contributed by atoms with van der Waals surface area (Å²) in [6.07, 6.45) is -4.52. The Hall–Kier alpha value is -1.76. The summed E-state index contributed by atoms with van der Waals surface area (Å²) >= 11 is 0. The van der Waals surface area contributed by atoms with Gasteiger partial charge in [-0.25, -0.2) is 0 Å². The van der Waals surface area contributed by atoms with Crippen LogP contribution in [-0.4, -0.2) is 18.8 Å². The number of carbonyl (C=O) groups is 1. The maximum Gasteiger partial charge on any atom is 0.573 e. The van der Waals surface area contributed by atoms with E-state index >= 15 is 0 Å². The van der Waals surface area contributed by atoms with E-state index in [1.807, 2.05) is 6.92 Å². The molecule has 112 valence electrons. The van der Waals surface area contributed by atoms with Crippen molar-refractivity contribution in [2.75, 3.05) is 6.54 Å². The van der Waals surface area contributed by atoms with E-state index in [9.17, 15) is 18.0 Å². The number of nitrogens with two attached hydrogens (primary N) is 1. The van der Waals surface area contributed by atoms with Crippen LogP contribution in [0.1, 0.15) is 18.9 Å². The highest BCUT2D eigenvalue weighted by Crippen LogP contribution is 2.26. The molecule has 1 unspecified atom stereocenters. The Morgan fingerprint density at radius 1 is 1.40 bits per heavy atom. The molecule has 0 aromatic heterocycles. The Labute approximate surface area is 115 Å². The smallest absolute Gasteiger partial charge is 0.405 e. The number of rotatable bonds is 6. The Balaban J connectivity index is 2.62. The van der Waals surface area contributed by atoms with Gasteiger partial charge in [-0.3, -0.25) is 4.79 Å². The first-order valence-electron chi connectivity index (χ1n) is 6.12. The maximum atomic E-state index is 12.2. The van der Waals surface area contributed by atoms with Crippen LogP contribution in [0.25, 0.3) is 0 Å². The van der Waals surface area contributed by atoms with Crippen molar-refractivity contribution in [1.82, 2.24) is 5.32 Å². The van der Waals surface area contributed by atoms with E-state index in [0.29, 0.717) is 6.54 Å². The van der Waals surface area contributed by atoms with Crippen LogP contribution in [0, 0.1) is 5.92 Å². The molecule has 0 saturated carbocycles. The zero-order valence-electron chi connectivity index (χ0n) is 11.0. The molecule has 3 N–H and O–H groups in total. The van der Waals surface area contributed by atoms with Gasteiger partial charge in [-0.15, -0.1) is 13.2 Å². The summed E-state index contributed by atoms with van der Waals surface area (Å²) in [5.41, 5.74) is 5.66. The van der Waals surface area contributed by atoms with Gasteiger partial charge < -0.3 is 15.8 Å². The first-order valence-corrected chi connectivity index (χ1v) is 6.12. The lowest BCUT2D eigenvalue weighted by Gasteiger charge is -2.14. The molecule has 0 bridgehead atoms. The highest BCUT2D eigenvalue weighted by molar-refractivity contribution is 5.76. The van der Waals surface area contributed by atoms with Gasteiger partial charge in [0.1, 0.15) is 5.75 Å². The molecular weight excluding hydrogens is 273 g/mol. The molecule has 0 radical (unpaired) electrons. The third-order valence-electron chi connectivity index (χ3n) is 2.61. The van der Waals surface area contributed by atoms with Crippen LogP contribution in [0.4, 0.5) is 13.2 Å². The molecule has 1 atom stereocenters. The standard InChI is InChI=1S/C13H17F3N2O2/c1-9(7-17)6-12(19)18-8-10-4-2-3-5-11(10)20-13(14,15)16/h2-5,9H,6-8,17H2,1H3,(H,18,19). The minimum absolute atomic E-state index is 0.0247. The summed E-state index contributed by atoms with van der Waals surface area (Å²) in [7, 11) is 0. The summed E-state index contributed by atoms with van der Waals surface area (Å²) in [4.78, 5) is 11.6. The number of nitrogens with one attached hydrogen (secondary N) is 1. The Bertz CT molecular complexity index is 449. The van der Waals surface area contributed by atoms with Gasteiger partial charge >= 0.3 is 6.36 Å². The zero-order valence-corrected chi connectivity index (χ0v) is 11.0. The van der Waals surface area contributed by atoms with Gasteiger partial charge in [0.05, 0.1) is 0 Å². The van der Waals surface area contributed by atoms with Crippen molar-refractivity contribution in [2.24, 2.45) is 11.7 Å². The van der Waals surface area contributed by atoms with Gasteiger partial charge in [0.15, 0.2) is 0 Å². The van der Waals surface area contributed by atoms with E-state index in [1.165, 1.54) is 18.2 Å². The first-order chi connectivity index (χ1) is 9.31. The number of benzene rings is 1. The number of halogens is 3. The zero-order chi connectivity index (χ0) is 15.2. The van der Waals surface area contributed by atoms with Crippen LogP contribution >= 0.6 is 0 Å². The molecule has 0 saturated heterocycles. The molecule has 0 fully saturated rings. The summed E-state index contributed by atoms with van der Waals surface area (Å²) in [5, 5.41) is 2.55. The Kier molecular flexibility index (Phi) is 5.82. The van der Waals surface area contributed by atoms with Gasteiger partial charge in [-0.2, -0.15) is 0 Å². The number of carbonyl (C=O) groups excluding carboxylic acids is 1. The van der Waals surface area contributed by atoms with E-state index in [0.717, 1.165) is 0 Å². The highest BCUT2D eigenvalue weighted by Gasteiger charge is 2.31. The fraction of sp³-hybridized carbons (Fsp3) is 0.462. The van der Waals surface area contributed by atoms with E-state index in [1.54, 1.807) is 6.07 Å². The quantitative estimate of drug-likeness (QED) is 0.844. The van der Waals surface area contributed by atoms with Crippen molar-refractivity contribution in [3.63, 3.8) is 0 Å². The van der Waals surface area contributed by atoms with Crippen LogP contribution in [0.3, 0.4) is 0 Å². The lowest BCUT2D eigenvalue weighted by atomic mass is 10.1. The number of hydrogen-bond acceptors (Lipinski definition) is 3. The molecule has 0 spiro atoms. The van der Waals surface area contributed by atoms with Crippen molar-refractivity contribution in [3.8, 4) is 5.75 Å². The largest absolute Gasteiger partial charge is 0.573 e. The second-order valence-electron chi connectivity index (χ2n) is 4.48. The fourth-order valence-electron chi connectivity index (χ4n) is 1.54. The van der Waals surface area contributed by atoms with Gasteiger partial charge in [0.25, 0.3) is 0 Å². The van der Waals surface area contributed by atoms with Crippen molar-refractivity contribution in [3.05, 3.63) is 29.8 Å². The molecular formula is C13H17F3N2O2. The van der Waals surface area contributed by atoms with E-state index in [4.69, 9.17) is 5.73 Å². The van der Waals surface area contributed by atoms with Gasteiger partial charge in [-0.1, -0.05) is 25.1 Å². The van der Waals surface area contributed by atoms with Crippen LogP contribution in [-0.2, 0) is 11.3 Å². The number of para-hydroxylation sites is 1. The molecule has 20 heavy (non-hydrogen) atoms. The van der Waals surface area contributed by atoms with Gasteiger partial charge in [0, 0.05) is 18.5 Å². The summed E-state index contributed by atoms with van der Waals surface area (Å²) in [5.74, 6) is -0.548. The number of alkyl halides is 3. The number of ether oxygens (including phenoxy) is 1. The molecule has 4 nitrogen and oxygen atoms in total. The summed E-state index contributed by atoms with van der Waals surface area (Å²) in [6.45, 7) is 2.17. The fourth-order valence-corrected chi connectivity index (χ4v) is 1.54. The van der Waals surface area contributed by atoms with E-state index < -0.39 is 6.36 Å². The lowest BCUT2D eigenvalue weighted by Crippen LogP contribution is -2.27. The lowest BCUT2D eigenvalue weighted by molar-refractivity contribution is -0.274. The van der Waals surface area contributed by atoms with E-state index in [-0.39, 0.29) is 36.1 Å². The molecule has 0 aliphatic carbocycles. The molecule has 0 aliphatic heterocycles. The molecule has 1 rings (SSSR count). The average Bonchev–Trinajstić information content (AvgIpc) is 2.35. The summed E-state index contributed by atoms with van der Waals surface area (Å²) < 4.78 is 40.5. The third-order valence-corrected chi connectivity index (χ3v) is 2.61. The molecule has 7 heteroatoms. The minimum Gasteiger partial charge on any atom is -0.405 e. The van der Waals surface area contributed by atoms with Crippen LogP contribution < -0.4 is 15.8 Å². The average molecular weight is 290 g/mol. The van der Waals surface area contributed by atoms with Crippen molar-refractivity contribution in [2.45, 2.75) is 26.3 Å². The third kappa shape index (κ3) is 5.92. The van der Waals surface area contributed by atoms with Crippen LogP contribution in [0.15, 0.2) is 24.3 Å². The van der Waals surface area contributed by atoms with Crippen molar-refractivity contribution >= 4 is 5.91 Å². The molecule has 1 aromatic carbocycles. The van der Waals surface area contributed by atoms with Crippen molar-refractivity contribution < 1.29 is 22.7 Å². The Morgan fingerprint density at radius 2 is 2.05 bits per heavy atom. The normalized spacial score (nSPS) is 12.8. The number of hydrogen-bond donors (Lipinski definition) is 2. The predicted molar refractivity (Wildman–Crippen MR) is 67.8 cm³/mol. The van der Waals surface area contributed by atoms with Crippen LogP contribution in [0.5, 0.6) is 5.75 Å². The van der Waals surface area contributed by atoms with E-state index in [2.05, 4.69) is 10.1 Å². The minimum atomic E-state index is -4.76. The monoisotopic (exact) mass is 290 g/mol. The Morgan fingerprint density at radius 3 is 2.65 bits per heavy atom. The molecule has 0 heterocycles. The first kappa shape index (κ1) is 16.3. The van der Waals surface area contributed by atoms with Crippen molar-refractivity contribution in [1.29, 1.82) is 0 Å².